The Balaban J connectivity index is 1.46. The van der Waals surface area contributed by atoms with Crippen molar-refractivity contribution in [2.45, 2.75) is 20.0 Å². The smallest absolute Gasteiger partial charge is 0.298 e. The van der Waals surface area contributed by atoms with Gasteiger partial charge in [0.15, 0.2) is 0 Å². The zero-order valence-electron chi connectivity index (χ0n) is 16.9. The van der Waals surface area contributed by atoms with Crippen molar-refractivity contribution in [2.75, 3.05) is 4.90 Å². The number of nitrogens with zero attached hydrogens (tertiary/aromatic N) is 1. The number of carbonyl (C=O) groups is 2. The molecule has 0 aromatic heterocycles. The SMILES string of the molecule is CCc1ccccc1N1C(=O)S/C(=C\c2ccc(OCc3ccc(Cl)cc3)cc2)C1=O. The van der Waals surface area contributed by atoms with Crippen LogP contribution in [0, 0.1) is 0 Å². The number of benzene rings is 3. The molecule has 4 rings (SSSR count). The summed E-state index contributed by atoms with van der Waals surface area (Å²) in [6.07, 6.45) is 2.48. The molecule has 1 aliphatic heterocycles. The van der Waals surface area contributed by atoms with Crippen LogP contribution in [0.15, 0.2) is 77.7 Å². The van der Waals surface area contributed by atoms with Gasteiger partial charge in [-0.2, -0.15) is 0 Å². The highest BCUT2D eigenvalue weighted by molar-refractivity contribution is 8.19. The summed E-state index contributed by atoms with van der Waals surface area (Å²) in [6.45, 7) is 2.44. The van der Waals surface area contributed by atoms with Gasteiger partial charge in [-0.15, -0.1) is 0 Å². The molecule has 1 fully saturated rings. The van der Waals surface area contributed by atoms with E-state index in [1.54, 1.807) is 6.08 Å². The topological polar surface area (TPSA) is 46.6 Å². The van der Waals surface area contributed by atoms with Gasteiger partial charge >= 0.3 is 0 Å². The second kappa shape index (κ2) is 9.41. The number of aryl methyl sites for hydroxylation is 1. The lowest BCUT2D eigenvalue weighted by Gasteiger charge is -2.16. The van der Waals surface area contributed by atoms with Gasteiger partial charge in [0.2, 0.25) is 0 Å². The van der Waals surface area contributed by atoms with Crippen LogP contribution in [0.3, 0.4) is 0 Å². The van der Waals surface area contributed by atoms with Gasteiger partial charge < -0.3 is 4.74 Å². The zero-order chi connectivity index (χ0) is 21.8. The highest BCUT2D eigenvalue weighted by Crippen LogP contribution is 2.37. The summed E-state index contributed by atoms with van der Waals surface area (Å²) in [5.74, 6) is 0.427. The van der Waals surface area contributed by atoms with Crippen LogP contribution in [0.25, 0.3) is 6.08 Å². The number of hydrogen-bond donors (Lipinski definition) is 0. The summed E-state index contributed by atoms with van der Waals surface area (Å²) in [7, 11) is 0. The quantitative estimate of drug-likeness (QED) is 0.392. The first-order valence-electron chi connectivity index (χ1n) is 9.88. The molecule has 31 heavy (non-hydrogen) atoms. The molecule has 0 aliphatic carbocycles. The van der Waals surface area contributed by atoms with Crippen molar-refractivity contribution in [3.05, 3.63) is 99.4 Å². The first kappa shape index (κ1) is 21.2. The van der Waals surface area contributed by atoms with Gasteiger partial charge in [-0.3, -0.25) is 9.59 Å². The standard InChI is InChI=1S/C25H20ClNO3S/c1-2-19-5-3-4-6-22(19)27-24(28)23(31-25(27)29)15-17-9-13-21(14-10-17)30-16-18-7-11-20(26)12-8-18/h3-15H,2,16H2,1H3/b23-15-. The fraction of sp³-hybridized carbons (Fsp3) is 0.120. The van der Waals surface area contributed by atoms with Gasteiger partial charge in [0.05, 0.1) is 10.6 Å². The predicted octanol–water partition coefficient (Wildman–Crippen LogP) is 6.72. The number of rotatable bonds is 6. The maximum absolute atomic E-state index is 12.9. The maximum atomic E-state index is 12.9. The van der Waals surface area contributed by atoms with Crippen LogP contribution in [-0.2, 0) is 17.8 Å². The molecule has 2 amide bonds. The summed E-state index contributed by atoms with van der Waals surface area (Å²) in [5.41, 5.74) is 3.47. The number of ether oxygens (including phenoxy) is 1. The molecule has 4 nitrogen and oxygen atoms in total. The third kappa shape index (κ3) is 4.84. The summed E-state index contributed by atoms with van der Waals surface area (Å²) in [4.78, 5) is 27.1. The molecule has 0 radical (unpaired) electrons. The minimum atomic E-state index is -0.293. The second-order valence-corrected chi connectivity index (χ2v) is 8.41. The Kier molecular flexibility index (Phi) is 6.44. The highest BCUT2D eigenvalue weighted by Gasteiger charge is 2.37. The lowest BCUT2D eigenvalue weighted by Crippen LogP contribution is -2.28. The van der Waals surface area contributed by atoms with Crippen LogP contribution in [0.5, 0.6) is 5.75 Å². The third-order valence-corrected chi connectivity index (χ3v) is 6.03. The number of anilines is 1. The molecule has 1 aliphatic rings. The van der Waals surface area contributed by atoms with Gasteiger partial charge in [-0.1, -0.05) is 61.0 Å². The van der Waals surface area contributed by atoms with E-state index in [0.717, 1.165) is 40.6 Å². The van der Waals surface area contributed by atoms with Crippen molar-refractivity contribution in [2.24, 2.45) is 0 Å². The average molecular weight is 450 g/mol. The minimum Gasteiger partial charge on any atom is -0.489 e. The van der Waals surface area contributed by atoms with Crippen molar-refractivity contribution in [3.63, 3.8) is 0 Å². The van der Waals surface area contributed by atoms with Crippen LogP contribution in [-0.4, -0.2) is 11.1 Å². The molecule has 156 valence electrons. The van der Waals surface area contributed by atoms with E-state index in [-0.39, 0.29) is 11.1 Å². The van der Waals surface area contributed by atoms with Gasteiger partial charge in [0.25, 0.3) is 11.1 Å². The molecule has 3 aromatic carbocycles. The van der Waals surface area contributed by atoms with Crippen LogP contribution in [0.2, 0.25) is 5.02 Å². The summed E-state index contributed by atoms with van der Waals surface area (Å²) < 4.78 is 5.80. The molecule has 0 N–H and O–H groups in total. The Morgan fingerprint density at radius 2 is 1.68 bits per heavy atom. The largest absolute Gasteiger partial charge is 0.489 e. The van der Waals surface area contributed by atoms with E-state index < -0.39 is 0 Å². The number of hydrogen-bond acceptors (Lipinski definition) is 4. The number of amides is 2. The number of para-hydroxylation sites is 1. The molecule has 6 heteroatoms. The summed E-state index contributed by atoms with van der Waals surface area (Å²) in [6, 6.07) is 22.4. The van der Waals surface area contributed by atoms with E-state index in [9.17, 15) is 9.59 Å². The molecule has 0 spiro atoms. The van der Waals surface area contributed by atoms with Gasteiger partial charge in [-0.05, 0) is 71.3 Å². The third-order valence-electron chi connectivity index (χ3n) is 4.90. The Hall–Kier alpha value is -3.02. The molecule has 0 bridgehead atoms. The molecule has 0 saturated carbocycles. The molecule has 3 aromatic rings. The Morgan fingerprint density at radius 3 is 2.39 bits per heavy atom. The summed E-state index contributed by atoms with van der Waals surface area (Å²) in [5, 5.41) is 0.413. The fourth-order valence-electron chi connectivity index (χ4n) is 3.26. The molecule has 1 saturated heterocycles. The van der Waals surface area contributed by atoms with E-state index in [0.29, 0.717) is 22.2 Å². The normalized spacial score (nSPS) is 15.0. The zero-order valence-corrected chi connectivity index (χ0v) is 18.5. The van der Waals surface area contributed by atoms with Gasteiger partial charge in [-0.25, -0.2) is 4.90 Å². The minimum absolute atomic E-state index is 0.278. The number of halogens is 1. The molecule has 0 atom stereocenters. The van der Waals surface area contributed by atoms with E-state index in [4.69, 9.17) is 16.3 Å². The van der Waals surface area contributed by atoms with E-state index in [1.165, 1.54) is 4.90 Å². The molecular formula is C25H20ClNO3S. The second-order valence-electron chi connectivity index (χ2n) is 6.98. The number of thioether (sulfide) groups is 1. The van der Waals surface area contributed by atoms with E-state index >= 15 is 0 Å². The van der Waals surface area contributed by atoms with Gasteiger partial charge in [0, 0.05) is 5.02 Å². The van der Waals surface area contributed by atoms with Crippen LogP contribution in [0.1, 0.15) is 23.6 Å². The monoisotopic (exact) mass is 449 g/mol. The fourth-order valence-corrected chi connectivity index (χ4v) is 4.22. The van der Waals surface area contributed by atoms with Crippen LogP contribution >= 0.6 is 23.4 Å². The highest BCUT2D eigenvalue weighted by atomic mass is 35.5. The van der Waals surface area contributed by atoms with Crippen molar-refractivity contribution < 1.29 is 14.3 Å². The summed E-state index contributed by atoms with van der Waals surface area (Å²) >= 11 is 6.86. The lowest BCUT2D eigenvalue weighted by molar-refractivity contribution is -0.113. The number of imide groups is 1. The van der Waals surface area contributed by atoms with Crippen molar-refractivity contribution in [1.82, 2.24) is 0 Å². The molecular weight excluding hydrogens is 430 g/mol. The number of carbonyl (C=O) groups excluding carboxylic acids is 2. The maximum Gasteiger partial charge on any atom is 0.298 e. The van der Waals surface area contributed by atoms with Crippen LogP contribution in [0.4, 0.5) is 10.5 Å². The Bertz CT molecular complexity index is 1140. The molecule has 0 unspecified atom stereocenters. The van der Waals surface area contributed by atoms with Crippen molar-refractivity contribution >= 4 is 46.3 Å². The lowest BCUT2D eigenvalue weighted by atomic mass is 10.1. The van der Waals surface area contributed by atoms with Crippen molar-refractivity contribution in [1.29, 1.82) is 0 Å². The molecule has 1 heterocycles. The predicted molar refractivity (Wildman–Crippen MR) is 126 cm³/mol. The Morgan fingerprint density at radius 1 is 0.968 bits per heavy atom. The van der Waals surface area contributed by atoms with E-state index in [2.05, 4.69) is 0 Å². The first-order valence-corrected chi connectivity index (χ1v) is 11.1. The van der Waals surface area contributed by atoms with Gasteiger partial charge in [0.1, 0.15) is 12.4 Å². The average Bonchev–Trinajstić information content (AvgIpc) is 3.07. The first-order chi connectivity index (χ1) is 15.0. The van der Waals surface area contributed by atoms with Crippen molar-refractivity contribution in [3.8, 4) is 5.75 Å². The van der Waals surface area contributed by atoms with E-state index in [1.807, 2.05) is 79.7 Å². The Labute approximate surface area is 190 Å². The van der Waals surface area contributed by atoms with Crippen LogP contribution < -0.4 is 9.64 Å².